The molecule has 0 amide bonds. The zero-order valence-corrected chi connectivity index (χ0v) is 17.2. The summed E-state index contributed by atoms with van der Waals surface area (Å²) < 4.78 is 2.17. The van der Waals surface area contributed by atoms with Gasteiger partial charge < -0.3 is 9.47 Å². The number of benzene rings is 1. The molecule has 0 radical (unpaired) electrons. The summed E-state index contributed by atoms with van der Waals surface area (Å²) in [7, 11) is 3.87. The maximum atomic E-state index is 12.3. The van der Waals surface area contributed by atoms with Crippen LogP contribution in [0.4, 0.5) is 5.95 Å². The van der Waals surface area contributed by atoms with Gasteiger partial charge in [0, 0.05) is 70.2 Å². The molecule has 0 unspecified atom stereocenters. The largest absolute Gasteiger partial charge is 0.347 e. The first-order valence-corrected chi connectivity index (χ1v) is 9.97. The van der Waals surface area contributed by atoms with Gasteiger partial charge in [-0.3, -0.25) is 9.69 Å². The molecule has 3 aromatic rings. The van der Waals surface area contributed by atoms with Crippen molar-refractivity contribution >= 4 is 22.5 Å². The van der Waals surface area contributed by atoms with Crippen LogP contribution in [-0.4, -0.2) is 51.6 Å². The van der Waals surface area contributed by atoms with Gasteiger partial charge in [0.2, 0.25) is 5.95 Å². The van der Waals surface area contributed by atoms with Gasteiger partial charge in [0.05, 0.1) is 10.9 Å². The number of rotatable bonds is 5. The third-order valence-corrected chi connectivity index (χ3v) is 5.23. The number of hydrogen-bond donors (Lipinski definition) is 0. The lowest BCUT2D eigenvalue weighted by Crippen LogP contribution is -2.30. The van der Waals surface area contributed by atoms with Crippen molar-refractivity contribution < 1.29 is 0 Å². The summed E-state index contributed by atoms with van der Waals surface area (Å²) in [6, 6.07) is 7.73. The van der Waals surface area contributed by atoms with Crippen LogP contribution in [0.15, 0.2) is 47.5 Å². The molecule has 0 aliphatic carbocycles. The molecule has 4 rings (SSSR count). The van der Waals surface area contributed by atoms with Gasteiger partial charge in [-0.25, -0.2) is 9.97 Å². The molecule has 1 aliphatic heterocycles. The van der Waals surface area contributed by atoms with Gasteiger partial charge in [0.1, 0.15) is 5.82 Å². The second-order valence-corrected chi connectivity index (χ2v) is 7.51. The van der Waals surface area contributed by atoms with E-state index in [-0.39, 0.29) is 5.56 Å². The highest BCUT2D eigenvalue weighted by molar-refractivity contribution is 5.81. The van der Waals surface area contributed by atoms with Crippen LogP contribution in [0.1, 0.15) is 24.7 Å². The average molecular weight is 390 g/mol. The van der Waals surface area contributed by atoms with E-state index in [1.54, 1.807) is 0 Å². The Morgan fingerprint density at radius 1 is 1.14 bits per heavy atom. The van der Waals surface area contributed by atoms with E-state index in [9.17, 15) is 4.79 Å². The number of fused-ring (bicyclic) bond motifs is 1. The summed E-state index contributed by atoms with van der Waals surface area (Å²) >= 11 is 0. The summed E-state index contributed by atoms with van der Waals surface area (Å²) in [5.74, 6) is 1.54. The third-order valence-electron chi connectivity index (χ3n) is 5.23. The van der Waals surface area contributed by atoms with Gasteiger partial charge in [-0.05, 0) is 12.1 Å². The first-order valence-electron chi connectivity index (χ1n) is 9.97. The SMILES string of the molecule is CCc1nc(=O)c2ccccc2n1C1=CCN(Cc2cnc(N(C)C)nc2)CC1. The average Bonchev–Trinajstić information content (AvgIpc) is 2.75. The lowest BCUT2D eigenvalue weighted by Gasteiger charge is -2.28. The van der Waals surface area contributed by atoms with Crippen molar-refractivity contribution in [2.75, 3.05) is 32.1 Å². The Morgan fingerprint density at radius 2 is 1.90 bits per heavy atom. The normalized spacial score (nSPS) is 14.8. The van der Waals surface area contributed by atoms with E-state index in [0.717, 1.165) is 55.3 Å². The molecule has 7 heteroatoms. The van der Waals surface area contributed by atoms with E-state index in [1.807, 2.05) is 62.6 Å². The number of para-hydroxylation sites is 1. The van der Waals surface area contributed by atoms with Gasteiger partial charge in [0.15, 0.2) is 0 Å². The lowest BCUT2D eigenvalue weighted by atomic mass is 10.1. The molecule has 1 aliphatic rings. The second kappa shape index (κ2) is 8.13. The Bertz CT molecular complexity index is 1100. The van der Waals surface area contributed by atoms with Crippen molar-refractivity contribution in [1.82, 2.24) is 24.4 Å². The van der Waals surface area contributed by atoms with Gasteiger partial charge >= 0.3 is 0 Å². The smallest absolute Gasteiger partial charge is 0.280 e. The predicted octanol–water partition coefficient (Wildman–Crippen LogP) is 2.56. The first-order chi connectivity index (χ1) is 14.1. The molecule has 1 aromatic carbocycles. The highest BCUT2D eigenvalue weighted by Crippen LogP contribution is 2.23. The van der Waals surface area contributed by atoms with Gasteiger partial charge in [-0.1, -0.05) is 25.1 Å². The third kappa shape index (κ3) is 3.91. The van der Waals surface area contributed by atoms with E-state index < -0.39 is 0 Å². The maximum Gasteiger partial charge on any atom is 0.280 e. The Balaban J connectivity index is 1.57. The summed E-state index contributed by atoms with van der Waals surface area (Å²) in [5.41, 5.74) is 3.11. The summed E-state index contributed by atoms with van der Waals surface area (Å²) in [6.07, 6.45) is 7.66. The van der Waals surface area contributed by atoms with E-state index in [4.69, 9.17) is 0 Å². The molecule has 0 bridgehead atoms. The topological polar surface area (TPSA) is 67.2 Å². The lowest BCUT2D eigenvalue weighted by molar-refractivity contribution is 0.291. The van der Waals surface area contributed by atoms with Crippen LogP contribution < -0.4 is 10.5 Å². The Hall–Kier alpha value is -3.06. The number of nitrogens with zero attached hydrogens (tertiary/aromatic N) is 6. The van der Waals surface area contributed by atoms with Crippen LogP contribution in [0.3, 0.4) is 0 Å². The Labute approximate surface area is 170 Å². The fourth-order valence-electron chi connectivity index (χ4n) is 3.74. The molecule has 7 nitrogen and oxygen atoms in total. The highest BCUT2D eigenvalue weighted by atomic mass is 16.1. The van der Waals surface area contributed by atoms with E-state index in [0.29, 0.717) is 5.39 Å². The van der Waals surface area contributed by atoms with Crippen molar-refractivity contribution in [3.05, 3.63) is 64.5 Å². The van der Waals surface area contributed by atoms with Crippen LogP contribution in [0.5, 0.6) is 0 Å². The number of anilines is 1. The fraction of sp³-hybridized carbons (Fsp3) is 0.364. The highest BCUT2D eigenvalue weighted by Gasteiger charge is 2.18. The predicted molar refractivity (Wildman–Crippen MR) is 116 cm³/mol. The molecule has 29 heavy (non-hydrogen) atoms. The Kier molecular flexibility index (Phi) is 5.40. The van der Waals surface area contributed by atoms with E-state index >= 15 is 0 Å². The molecular weight excluding hydrogens is 364 g/mol. The minimum atomic E-state index is -0.145. The molecule has 0 saturated heterocycles. The molecule has 150 valence electrons. The number of hydrogen-bond acceptors (Lipinski definition) is 6. The van der Waals surface area contributed by atoms with Crippen LogP contribution in [0.25, 0.3) is 16.6 Å². The van der Waals surface area contributed by atoms with E-state index in [1.165, 1.54) is 5.70 Å². The van der Waals surface area contributed by atoms with Crippen LogP contribution in [0.2, 0.25) is 0 Å². The van der Waals surface area contributed by atoms with Crippen molar-refractivity contribution in [2.45, 2.75) is 26.3 Å². The fourth-order valence-corrected chi connectivity index (χ4v) is 3.74. The zero-order chi connectivity index (χ0) is 20.4. The van der Waals surface area contributed by atoms with Gasteiger partial charge in [0.25, 0.3) is 5.56 Å². The standard InChI is InChI=1S/C22H26N6O/c1-4-20-25-21(29)18-7-5-6-8-19(18)28(20)17-9-11-27(12-10-17)15-16-13-23-22(24-14-16)26(2)3/h5-9,13-14H,4,10-12,15H2,1-3H3. The van der Waals surface area contributed by atoms with Crippen LogP contribution >= 0.6 is 0 Å². The minimum Gasteiger partial charge on any atom is -0.347 e. The molecule has 0 spiro atoms. The van der Waals surface area contributed by atoms with Gasteiger partial charge in [-0.2, -0.15) is 4.98 Å². The van der Waals surface area contributed by atoms with E-state index in [2.05, 4.69) is 30.5 Å². The van der Waals surface area contributed by atoms with Crippen molar-refractivity contribution in [2.24, 2.45) is 0 Å². The molecule has 0 fully saturated rings. The Morgan fingerprint density at radius 3 is 2.55 bits per heavy atom. The van der Waals surface area contributed by atoms with Gasteiger partial charge in [-0.15, -0.1) is 0 Å². The molecule has 2 aromatic heterocycles. The van der Waals surface area contributed by atoms with Crippen LogP contribution in [-0.2, 0) is 13.0 Å². The molecule has 3 heterocycles. The summed E-state index contributed by atoms with van der Waals surface area (Å²) in [4.78, 5) is 29.8. The minimum absolute atomic E-state index is 0.145. The quantitative estimate of drug-likeness (QED) is 0.667. The number of aryl methyl sites for hydroxylation is 1. The first kappa shape index (κ1) is 19.3. The van der Waals surface area contributed by atoms with Crippen molar-refractivity contribution in [3.63, 3.8) is 0 Å². The second-order valence-electron chi connectivity index (χ2n) is 7.51. The summed E-state index contributed by atoms with van der Waals surface area (Å²) in [6.45, 7) is 4.64. The zero-order valence-electron chi connectivity index (χ0n) is 17.2. The molecule has 0 atom stereocenters. The maximum absolute atomic E-state index is 12.3. The van der Waals surface area contributed by atoms with Crippen molar-refractivity contribution in [1.29, 1.82) is 0 Å². The van der Waals surface area contributed by atoms with Crippen molar-refractivity contribution in [3.8, 4) is 0 Å². The summed E-state index contributed by atoms with van der Waals surface area (Å²) in [5, 5.41) is 0.672. The molecule has 0 saturated carbocycles. The number of aromatic nitrogens is 4. The molecular formula is C22H26N6O. The van der Waals surface area contributed by atoms with Crippen LogP contribution in [0, 0.1) is 0 Å². The monoisotopic (exact) mass is 390 g/mol. The molecule has 0 N–H and O–H groups in total.